The molecule has 1 atom stereocenters. The normalized spacial score (nSPS) is 13.3. The van der Waals surface area contributed by atoms with Crippen LogP contribution in [-0.4, -0.2) is 16.7 Å². The van der Waals surface area contributed by atoms with Crippen molar-refractivity contribution >= 4 is 5.97 Å². The van der Waals surface area contributed by atoms with Crippen LogP contribution in [0.5, 0.6) is 0 Å². The fourth-order valence-electron chi connectivity index (χ4n) is 1.24. The largest absolute Gasteiger partial charge is 0.458 e. The number of rotatable bonds is 2. The monoisotopic (exact) mass is 222 g/mol. The van der Waals surface area contributed by atoms with Gasteiger partial charge in [-0.25, -0.2) is 4.79 Å². The van der Waals surface area contributed by atoms with Crippen molar-refractivity contribution in [2.75, 3.05) is 0 Å². The molecule has 1 aromatic rings. The van der Waals surface area contributed by atoms with Crippen LogP contribution >= 0.6 is 0 Å². The van der Waals surface area contributed by atoms with E-state index in [1.165, 1.54) is 0 Å². The van der Waals surface area contributed by atoms with Gasteiger partial charge in [-0.2, -0.15) is 0 Å². The maximum atomic E-state index is 11.6. The summed E-state index contributed by atoms with van der Waals surface area (Å²) in [4.78, 5) is 11.6. The molecule has 0 saturated heterocycles. The van der Waals surface area contributed by atoms with E-state index < -0.39 is 17.7 Å². The first-order valence-corrected chi connectivity index (χ1v) is 5.27. The van der Waals surface area contributed by atoms with Gasteiger partial charge in [0.05, 0.1) is 0 Å². The van der Waals surface area contributed by atoms with Crippen molar-refractivity contribution in [2.45, 2.75) is 39.4 Å². The highest BCUT2D eigenvalue weighted by Gasteiger charge is 2.24. The van der Waals surface area contributed by atoms with Crippen molar-refractivity contribution < 1.29 is 14.6 Å². The summed E-state index contributed by atoms with van der Waals surface area (Å²) in [6.45, 7) is 7.26. The van der Waals surface area contributed by atoms with Crippen LogP contribution in [0, 0.1) is 6.92 Å². The van der Waals surface area contributed by atoms with E-state index in [1.54, 1.807) is 32.9 Å². The summed E-state index contributed by atoms with van der Waals surface area (Å²) in [6, 6.07) is 7.15. The molecule has 1 N–H and O–H groups in total. The zero-order chi connectivity index (χ0) is 12.3. The van der Waals surface area contributed by atoms with Crippen LogP contribution in [0.15, 0.2) is 24.3 Å². The first kappa shape index (κ1) is 12.7. The molecule has 1 rings (SSSR count). The molecule has 0 radical (unpaired) electrons. The Morgan fingerprint density at radius 3 is 2.19 bits per heavy atom. The van der Waals surface area contributed by atoms with Gasteiger partial charge in [0.25, 0.3) is 0 Å². The number of carbonyl (C=O) groups is 1. The standard InChI is InChI=1S/C13H18O3/c1-9-5-7-10(8-6-9)11(14)12(15)16-13(2,3)4/h5-8,11,14H,1-4H3/t11-/m0/s1. The van der Waals surface area contributed by atoms with Crippen LogP contribution < -0.4 is 0 Å². The number of aliphatic hydroxyl groups is 1. The van der Waals surface area contributed by atoms with E-state index in [0.29, 0.717) is 5.56 Å². The number of aliphatic hydroxyl groups excluding tert-OH is 1. The molecular weight excluding hydrogens is 204 g/mol. The Hall–Kier alpha value is -1.35. The van der Waals surface area contributed by atoms with E-state index in [2.05, 4.69) is 0 Å². The van der Waals surface area contributed by atoms with Crippen molar-refractivity contribution in [1.29, 1.82) is 0 Å². The number of benzene rings is 1. The second kappa shape index (κ2) is 4.66. The molecule has 0 fully saturated rings. The molecule has 0 amide bonds. The topological polar surface area (TPSA) is 46.5 Å². The minimum Gasteiger partial charge on any atom is -0.458 e. The van der Waals surface area contributed by atoms with Crippen molar-refractivity contribution in [1.82, 2.24) is 0 Å². The first-order valence-electron chi connectivity index (χ1n) is 5.27. The Morgan fingerprint density at radius 1 is 1.25 bits per heavy atom. The van der Waals surface area contributed by atoms with Gasteiger partial charge < -0.3 is 9.84 Å². The Labute approximate surface area is 96.1 Å². The predicted molar refractivity (Wildman–Crippen MR) is 62.0 cm³/mol. The fraction of sp³-hybridized carbons (Fsp3) is 0.462. The van der Waals surface area contributed by atoms with Gasteiger partial charge in [0.15, 0.2) is 6.10 Å². The van der Waals surface area contributed by atoms with Gasteiger partial charge in [-0.05, 0) is 33.3 Å². The van der Waals surface area contributed by atoms with Gasteiger partial charge >= 0.3 is 5.97 Å². The smallest absolute Gasteiger partial charge is 0.340 e. The number of carbonyl (C=O) groups excluding carboxylic acids is 1. The van der Waals surface area contributed by atoms with Crippen LogP contribution in [0.2, 0.25) is 0 Å². The summed E-state index contributed by atoms with van der Waals surface area (Å²) in [5.74, 6) is -0.614. The second-order valence-corrected chi connectivity index (χ2v) is 4.85. The Morgan fingerprint density at radius 2 is 1.75 bits per heavy atom. The fourth-order valence-corrected chi connectivity index (χ4v) is 1.24. The van der Waals surface area contributed by atoms with Crippen LogP contribution in [0.1, 0.15) is 38.0 Å². The van der Waals surface area contributed by atoms with E-state index in [-0.39, 0.29) is 0 Å². The first-order chi connectivity index (χ1) is 7.29. The average molecular weight is 222 g/mol. The lowest BCUT2D eigenvalue weighted by Gasteiger charge is -2.21. The minimum absolute atomic E-state index is 0.555. The molecule has 0 bridgehead atoms. The number of aryl methyl sites for hydroxylation is 1. The molecule has 0 heterocycles. The zero-order valence-electron chi connectivity index (χ0n) is 10.2. The molecule has 16 heavy (non-hydrogen) atoms. The number of hydrogen-bond acceptors (Lipinski definition) is 3. The molecule has 0 aliphatic rings. The lowest BCUT2D eigenvalue weighted by molar-refractivity contribution is -0.165. The van der Waals surface area contributed by atoms with Crippen molar-refractivity contribution in [3.8, 4) is 0 Å². The van der Waals surface area contributed by atoms with Crippen molar-refractivity contribution in [3.63, 3.8) is 0 Å². The predicted octanol–water partition coefficient (Wildman–Crippen LogP) is 2.37. The number of esters is 1. The molecule has 0 saturated carbocycles. The molecule has 0 spiro atoms. The van der Waals surface area contributed by atoms with Gasteiger partial charge in [0.2, 0.25) is 0 Å². The minimum atomic E-state index is -1.21. The Bertz CT molecular complexity index is 360. The maximum Gasteiger partial charge on any atom is 0.340 e. The highest BCUT2D eigenvalue weighted by atomic mass is 16.6. The van der Waals surface area contributed by atoms with Gasteiger partial charge in [-0.1, -0.05) is 29.8 Å². The third-order valence-electron chi connectivity index (χ3n) is 2.02. The highest BCUT2D eigenvalue weighted by molar-refractivity contribution is 5.76. The van der Waals surface area contributed by atoms with E-state index in [0.717, 1.165) is 5.56 Å². The highest BCUT2D eigenvalue weighted by Crippen LogP contribution is 2.18. The summed E-state index contributed by atoms with van der Waals surface area (Å²) in [5, 5.41) is 9.77. The van der Waals surface area contributed by atoms with Gasteiger partial charge in [-0.15, -0.1) is 0 Å². The van der Waals surface area contributed by atoms with Crippen molar-refractivity contribution in [3.05, 3.63) is 35.4 Å². The average Bonchev–Trinajstić information content (AvgIpc) is 2.15. The summed E-state index contributed by atoms with van der Waals surface area (Å²) in [6.07, 6.45) is -1.21. The summed E-state index contributed by atoms with van der Waals surface area (Å²) >= 11 is 0. The molecule has 3 nitrogen and oxygen atoms in total. The summed E-state index contributed by atoms with van der Waals surface area (Å²) in [5.41, 5.74) is 1.06. The second-order valence-electron chi connectivity index (χ2n) is 4.85. The molecule has 1 aromatic carbocycles. The van der Waals surface area contributed by atoms with E-state index in [9.17, 15) is 9.90 Å². The zero-order valence-corrected chi connectivity index (χ0v) is 10.2. The molecule has 0 aliphatic heterocycles. The third kappa shape index (κ3) is 3.66. The molecule has 0 aliphatic carbocycles. The van der Waals surface area contributed by atoms with Gasteiger partial charge in [0, 0.05) is 0 Å². The lowest BCUT2D eigenvalue weighted by atomic mass is 10.1. The van der Waals surface area contributed by atoms with Crippen LogP contribution in [-0.2, 0) is 9.53 Å². The molecular formula is C13H18O3. The quantitative estimate of drug-likeness (QED) is 0.781. The van der Waals surface area contributed by atoms with Crippen LogP contribution in [0.3, 0.4) is 0 Å². The molecule has 88 valence electrons. The van der Waals surface area contributed by atoms with E-state index in [4.69, 9.17) is 4.74 Å². The van der Waals surface area contributed by atoms with Gasteiger partial charge in [-0.3, -0.25) is 0 Å². The molecule has 0 unspecified atom stereocenters. The Kier molecular flexibility index (Phi) is 3.70. The summed E-state index contributed by atoms with van der Waals surface area (Å²) < 4.78 is 5.10. The Balaban J connectivity index is 2.74. The number of hydrogen-bond donors (Lipinski definition) is 1. The lowest BCUT2D eigenvalue weighted by Crippen LogP contribution is -2.27. The summed E-state index contributed by atoms with van der Waals surface area (Å²) in [7, 11) is 0. The van der Waals surface area contributed by atoms with Crippen molar-refractivity contribution in [2.24, 2.45) is 0 Å². The SMILES string of the molecule is Cc1ccc([C@H](O)C(=O)OC(C)(C)C)cc1. The third-order valence-corrected chi connectivity index (χ3v) is 2.02. The van der Waals surface area contributed by atoms with Crippen LogP contribution in [0.25, 0.3) is 0 Å². The van der Waals surface area contributed by atoms with E-state index >= 15 is 0 Å². The van der Waals surface area contributed by atoms with Crippen LogP contribution in [0.4, 0.5) is 0 Å². The molecule has 0 aromatic heterocycles. The van der Waals surface area contributed by atoms with E-state index in [1.807, 2.05) is 19.1 Å². The molecule has 3 heteroatoms. The maximum absolute atomic E-state index is 11.6. The number of ether oxygens (including phenoxy) is 1. The van der Waals surface area contributed by atoms with Gasteiger partial charge in [0.1, 0.15) is 5.60 Å².